The predicted molar refractivity (Wildman–Crippen MR) is 81.0 cm³/mol. The smallest absolute Gasteiger partial charge is 0.227 e. The maximum absolute atomic E-state index is 12.4. The van der Waals surface area contributed by atoms with Gasteiger partial charge in [0, 0.05) is 24.5 Å². The molecule has 5 heteroatoms. The molecule has 0 aromatic heterocycles. The Labute approximate surface area is 129 Å². The number of fused-ring (bicyclic) bond motifs is 1. The second-order valence-electron chi connectivity index (χ2n) is 5.93. The molecule has 2 aliphatic heterocycles. The molecule has 2 atom stereocenters. The summed E-state index contributed by atoms with van der Waals surface area (Å²) >= 11 is 5.85. The van der Waals surface area contributed by atoms with E-state index in [0.29, 0.717) is 30.3 Å². The lowest BCUT2D eigenvalue weighted by Crippen LogP contribution is -2.39. The van der Waals surface area contributed by atoms with Gasteiger partial charge < -0.3 is 10.2 Å². The molecule has 21 heavy (non-hydrogen) atoms. The first-order valence-corrected chi connectivity index (χ1v) is 7.81. The van der Waals surface area contributed by atoms with E-state index in [9.17, 15) is 9.59 Å². The summed E-state index contributed by atoms with van der Waals surface area (Å²) in [4.78, 5) is 25.9. The lowest BCUT2D eigenvalue weighted by atomic mass is 9.99. The van der Waals surface area contributed by atoms with Crippen LogP contribution in [0.15, 0.2) is 24.3 Å². The molecule has 1 N–H and O–H groups in total. The molecular formula is C16H19ClN2O2. The molecule has 4 nitrogen and oxygen atoms in total. The summed E-state index contributed by atoms with van der Waals surface area (Å²) in [5, 5.41) is 3.72. The van der Waals surface area contributed by atoms with E-state index in [0.717, 1.165) is 24.9 Å². The van der Waals surface area contributed by atoms with Gasteiger partial charge in [0.25, 0.3) is 0 Å². The van der Waals surface area contributed by atoms with E-state index in [1.165, 1.54) is 0 Å². The molecule has 0 bridgehead atoms. The fourth-order valence-corrected chi connectivity index (χ4v) is 3.35. The first-order chi connectivity index (χ1) is 10.1. The molecule has 2 aliphatic rings. The van der Waals surface area contributed by atoms with Crippen LogP contribution in [0.4, 0.5) is 0 Å². The summed E-state index contributed by atoms with van der Waals surface area (Å²) in [5.74, 6) is 0.653. The highest BCUT2D eigenvalue weighted by molar-refractivity contribution is 6.30. The zero-order valence-electron chi connectivity index (χ0n) is 11.8. The van der Waals surface area contributed by atoms with Gasteiger partial charge in [0.1, 0.15) is 0 Å². The summed E-state index contributed by atoms with van der Waals surface area (Å²) in [6.07, 6.45) is 2.95. The van der Waals surface area contributed by atoms with Crippen LogP contribution in [-0.2, 0) is 16.0 Å². The number of carbonyl (C=O) groups is 2. The maximum atomic E-state index is 12.4. The van der Waals surface area contributed by atoms with Gasteiger partial charge in [-0.05, 0) is 36.5 Å². The first-order valence-electron chi connectivity index (χ1n) is 7.43. The van der Waals surface area contributed by atoms with Crippen LogP contribution in [0.25, 0.3) is 0 Å². The van der Waals surface area contributed by atoms with E-state index in [4.69, 9.17) is 11.6 Å². The monoisotopic (exact) mass is 306 g/mol. The van der Waals surface area contributed by atoms with Crippen molar-refractivity contribution in [2.75, 3.05) is 13.1 Å². The van der Waals surface area contributed by atoms with Crippen molar-refractivity contribution in [2.45, 2.75) is 31.7 Å². The predicted octanol–water partition coefficient (Wildman–Crippen LogP) is 2.01. The number of carbonyl (C=O) groups excluding carboxylic acids is 2. The van der Waals surface area contributed by atoms with Crippen molar-refractivity contribution < 1.29 is 9.59 Å². The maximum Gasteiger partial charge on any atom is 0.227 e. The summed E-state index contributed by atoms with van der Waals surface area (Å²) in [7, 11) is 0. The normalized spacial score (nSPS) is 25.2. The largest absolute Gasteiger partial charge is 0.351 e. The Morgan fingerprint density at radius 3 is 2.81 bits per heavy atom. The third-order valence-corrected chi connectivity index (χ3v) is 4.64. The zero-order chi connectivity index (χ0) is 14.8. The van der Waals surface area contributed by atoms with E-state index in [1.807, 2.05) is 17.0 Å². The Morgan fingerprint density at radius 2 is 2.05 bits per heavy atom. The van der Waals surface area contributed by atoms with Crippen LogP contribution in [0.2, 0.25) is 5.02 Å². The molecule has 0 aliphatic carbocycles. The summed E-state index contributed by atoms with van der Waals surface area (Å²) in [6.45, 7) is 1.40. The molecule has 2 saturated heterocycles. The van der Waals surface area contributed by atoms with Gasteiger partial charge in [-0.25, -0.2) is 0 Å². The average Bonchev–Trinajstić information content (AvgIpc) is 2.76. The lowest BCUT2D eigenvalue weighted by molar-refractivity contribution is -0.130. The highest BCUT2D eigenvalue weighted by Crippen LogP contribution is 2.25. The molecule has 2 heterocycles. The molecule has 0 unspecified atom stereocenters. The van der Waals surface area contributed by atoms with Crippen molar-refractivity contribution >= 4 is 23.4 Å². The van der Waals surface area contributed by atoms with Gasteiger partial charge in [0.05, 0.1) is 12.5 Å². The minimum absolute atomic E-state index is 0.120. The highest BCUT2D eigenvalue weighted by atomic mass is 35.5. The number of halogens is 1. The second-order valence-corrected chi connectivity index (χ2v) is 6.36. The van der Waals surface area contributed by atoms with Gasteiger partial charge in [-0.15, -0.1) is 0 Å². The summed E-state index contributed by atoms with van der Waals surface area (Å²) in [5.41, 5.74) is 0.973. The van der Waals surface area contributed by atoms with Crippen molar-refractivity contribution in [2.24, 2.45) is 5.92 Å². The van der Waals surface area contributed by atoms with E-state index in [2.05, 4.69) is 5.32 Å². The zero-order valence-corrected chi connectivity index (χ0v) is 12.6. The lowest BCUT2D eigenvalue weighted by Gasteiger charge is -2.17. The molecular weight excluding hydrogens is 288 g/mol. The van der Waals surface area contributed by atoms with Crippen molar-refractivity contribution in [1.29, 1.82) is 0 Å². The van der Waals surface area contributed by atoms with Crippen molar-refractivity contribution in [3.05, 3.63) is 34.9 Å². The van der Waals surface area contributed by atoms with Crippen LogP contribution in [0, 0.1) is 5.92 Å². The third-order valence-electron chi connectivity index (χ3n) is 4.39. The van der Waals surface area contributed by atoms with Gasteiger partial charge in [-0.1, -0.05) is 23.7 Å². The van der Waals surface area contributed by atoms with Crippen molar-refractivity contribution in [3.63, 3.8) is 0 Å². The van der Waals surface area contributed by atoms with Gasteiger partial charge in [-0.2, -0.15) is 0 Å². The standard InChI is InChI=1S/C16H19ClN2O2/c17-13-6-4-11(5-7-13)8-16(21)19-9-12-2-1-3-15(20)18-14(12)10-19/h4-7,12,14H,1-3,8-10H2,(H,18,20)/t12-,14+/m1/s1. The number of nitrogens with zero attached hydrogens (tertiary/aromatic N) is 1. The van der Waals surface area contributed by atoms with Crippen LogP contribution < -0.4 is 5.32 Å². The summed E-state index contributed by atoms with van der Waals surface area (Å²) in [6, 6.07) is 7.51. The van der Waals surface area contributed by atoms with Gasteiger partial charge in [-0.3, -0.25) is 9.59 Å². The van der Waals surface area contributed by atoms with Crippen molar-refractivity contribution in [3.8, 4) is 0 Å². The minimum Gasteiger partial charge on any atom is -0.351 e. The topological polar surface area (TPSA) is 49.4 Å². The van der Waals surface area contributed by atoms with Gasteiger partial charge in [0.15, 0.2) is 0 Å². The van der Waals surface area contributed by atoms with Gasteiger partial charge >= 0.3 is 0 Å². The van der Waals surface area contributed by atoms with Crippen LogP contribution in [0.1, 0.15) is 24.8 Å². The molecule has 112 valence electrons. The number of nitrogens with one attached hydrogen (secondary N) is 1. The third kappa shape index (κ3) is 3.38. The Morgan fingerprint density at radius 1 is 1.29 bits per heavy atom. The van der Waals surface area contributed by atoms with Crippen LogP contribution in [0.3, 0.4) is 0 Å². The number of hydrogen-bond acceptors (Lipinski definition) is 2. The quantitative estimate of drug-likeness (QED) is 0.908. The molecule has 1 aromatic rings. The Balaban J connectivity index is 1.61. The minimum atomic E-state index is 0.120. The number of amides is 2. The molecule has 0 radical (unpaired) electrons. The van der Waals surface area contributed by atoms with Crippen LogP contribution in [-0.4, -0.2) is 35.8 Å². The Kier molecular flexibility index (Phi) is 4.15. The molecule has 0 saturated carbocycles. The number of rotatable bonds is 2. The Hall–Kier alpha value is -1.55. The second kappa shape index (κ2) is 6.06. The molecule has 0 spiro atoms. The Bertz CT molecular complexity index is 544. The highest BCUT2D eigenvalue weighted by Gasteiger charge is 2.37. The number of benzene rings is 1. The molecule has 1 aromatic carbocycles. The fraction of sp³-hybridized carbons (Fsp3) is 0.500. The van der Waals surface area contributed by atoms with Gasteiger partial charge in [0.2, 0.25) is 11.8 Å². The molecule has 3 rings (SSSR count). The average molecular weight is 307 g/mol. The molecule has 2 fully saturated rings. The van der Waals surface area contributed by atoms with E-state index >= 15 is 0 Å². The molecule has 2 amide bonds. The van der Waals surface area contributed by atoms with Crippen LogP contribution >= 0.6 is 11.6 Å². The van der Waals surface area contributed by atoms with Crippen molar-refractivity contribution in [1.82, 2.24) is 10.2 Å². The fourth-order valence-electron chi connectivity index (χ4n) is 3.22. The van der Waals surface area contributed by atoms with E-state index in [-0.39, 0.29) is 17.9 Å². The van der Waals surface area contributed by atoms with E-state index in [1.54, 1.807) is 12.1 Å². The number of hydrogen-bond donors (Lipinski definition) is 1. The SMILES string of the molecule is O=C1CCC[C@@H]2CN(C(=O)Cc3ccc(Cl)cc3)C[C@@H]2N1. The first kappa shape index (κ1) is 14.4. The van der Waals surface area contributed by atoms with Crippen LogP contribution in [0.5, 0.6) is 0 Å². The number of likely N-dealkylation sites (tertiary alicyclic amines) is 1. The summed E-state index contributed by atoms with van der Waals surface area (Å²) < 4.78 is 0. The van der Waals surface area contributed by atoms with E-state index < -0.39 is 0 Å².